The highest BCUT2D eigenvalue weighted by Crippen LogP contribution is 2.29. The van der Waals surface area contributed by atoms with Crippen LogP contribution in [-0.4, -0.2) is 27.3 Å². The molecule has 0 saturated heterocycles. The van der Waals surface area contributed by atoms with Gasteiger partial charge in [0.15, 0.2) is 5.82 Å². The number of aromatic carboxylic acids is 1. The van der Waals surface area contributed by atoms with E-state index in [0.717, 1.165) is 6.42 Å². The highest BCUT2D eigenvalue weighted by molar-refractivity contribution is 5.94. The average Bonchev–Trinajstić information content (AvgIpc) is 2.69. The maximum absolute atomic E-state index is 11.3. The van der Waals surface area contributed by atoms with Gasteiger partial charge >= 0.3 is 5.97 Å². The summed E-state index contributed by atoms with van der Waals surface area (Å²) in [5.41, 5.74) is 1.60. The van der Waals surface area contributed by atoms with E-state index in [1.807, 2.05) is 0 Å². The van der Waals surface area contributed by atoms with Crippen LogP contribution in [0.2, 0.25) is 0 Å². The first-order chi connectivity index (χ1) is 8.50. The van der Waals surface area contributed by atoms with Crippen LogP contribution in [0.4, 0.5) is 5.82 Å². The second-order valence-electron chi connectivity index (χ2n) is 5.10. The minimum atomic E-state index is -0.946. The zero-order chi connectivity index (χ0) is 13.3. The van der Waals surface area contributed by atoms with Gasteiger partial charge in [-0.1, -0.05) is 13.3 Å². The molecular weight excluding hydrogens is 230 g/mol. The predicted molar refractivity (Wildman–Crippen MR) is 68.9 cm³/mol. The van der Waals surface area contributed by atoms with Crippen molar-refractivity contribution in [3.63, 3.8) is 0 Å². The number of aryl methyl sites for hydroxylation is 1. The number of carbonyl (C=O) groups is 1. The lowest BCUT2D eigenvalue weighted by molar-refractivity contribution is 0.0696. The van der Waals surface area contributed by atoms with Crippen LogP contribution < -0.4 is 5.32 Å². The van der Waals surface area contributed by atoms with Crippen LogP contribution >= 0.6 is 0 Å². The molecule has 5 heteroatoms. The molecular formula is C13H19N3O2. The molecule has 5 nitrogen and oxygen atoms in total. The van der Waals surface area contributed by atoms with E-state index in [-0.39, 0.29) is 5.56 Å². The molecule has 1 saturated carbocycles. The molecule has 1 aliphatic carbocycles. The molecule has 0 amide bonds. The third kappa shape index (κ3) is 2.30. The smallest absolute Gasteiger partial charge is 0.339 e. The van der Waals surface area contributed by atoms with Crippen molar-refractivity contribution in [2.45, 2.75) is 46.1 Å². The second kappa shape index (κ2) is 4.92. The maximum Gasteiger partial charge on any atom is 0.339 e. The fraction of sp³-hybridized carbons (Fsp3) is 0.615. The molecule has 2 rings (SSSR count). The minimum absolute atomic E-state index is 0.251. The van der Waals surface area contributed by atoms with Gasteiger partial charge in [0, 0.05) is 6.04 Å². The van der Waals surface area contributed by atoms with Crippen molar-refractivity contribution in [3.05, 3.63) is 16.8 Å². The summed E-state index contributed by atoms with van der Waals surface area (Å²) in [6.07, 6.45) is 3.42. The summed E-state index contributed by atoms with van der Waals surface area (Å²) in [6.45, 7) is 5.73. The average molecular weight is 249 g/mol. The van der Waals surface area contributed by atoms with Gasteiger partial charge in [0.1, 0.15) is 5.56 Å². The number of hydrogen-bond donors (Lipinski definition) is 2. The second-order valence-corrected chi connectivity index (χ2v) is 5.10. The zero-order valence-corrected chi connectivity index (χ0v) is 11.0. The van der Waals surface area contributed by atoms with Gasteiger partial charge in [-0.2, -0.15) is 5.10 Å². The molecule has 2 unspecified atom stereocenters. The van der Waals surface area contributed by atoms with Gasteiger partial charge < -0.3 is 10.4 Å². The number of anilines is 1. The largest absolute Gasteiger partial charge is 0.478 e. The standard InChI is InChI=1S/C13H19N3O2/c1-7-5-4-6-10(7)14-12-11(13(17)18)8(2)9(3)15-16-12/h7,10H,4-6H2,1-3H3,(H,14,16)(H,17,18). The molecule has 1 heterocycles. The molecule has 0 spiro atoms. The Balaban J connectivity index is 2.32. The van der Waals surface area contributed by atoms with Gasteiger partial charge in [-0.15, -0.1) is 5.10 Å². The van der Waals surface area contributed by atoms with Crippen LogP contribution in [0.25, 0.3) is 0 Å². The highest BCUT2D eigenvalue weighted by atomic mass is 16.4. The molecule has 1 aliphatic rings. The van der Waals surface area contributed by atoms with E-state index in [4.69, 9.17) is 0 Å². The van der Waals surface area contributed by atoms with Crippen LogP contribution in [0.3, 0.4) is 0 Å². The lowest BCUT2D eigenvalue weighted by Gasteiger charge is -2.19. The number of carboxylic acids is 1. The molecule has 0 aliphatic heterocycles. The lowest BCUT2D eigenvalue weighted by atomic mass is 10.1. The summed E-state index contributed by atoms with van der Waals surface area (Å²) in [5, 5.41) is 20.6. The van der Waals surface area contributed by atoms with Crippen molar-refractivity contribution in [1.82, 2.24) is 10.2 Å². The van der Waals surface area contributed by atoms with Gasteiger partial charge in [0.2, 0.25) is 0 Å². The molecule has 0 aromatic carbocycles. The summed E-state index contributed by atoms with van der Waals surface area (Å²) in [7, 11) is 0. The maximum atomic E-state index is 11.3. The van der Waals surface area contributed by atoms with Gasteiger partial charge in [-0.3, -0.25) is 0 Å². The van der Waals surface area contributed by atoms with Gasteiger partial charge in [0.25, 0.3) is 0 Å². The first-order valence-electron chi connectivity index (χ1n) is 6.34. The number of nitrogens with one attached hydrogen (secondary N) is 1. The predicted octanol–water partition coefficient (Wildman–Crippen LogP) is 2.39. The summed E-state index contributed by atoms with van der Waals surface area (Å²) >= 11 is 0. The topological polar surface area (TPSA) is 75.1 Å². The Morgan fingerprint density at radius 1 is 1.33 bits per heavy atom. The van der Waals surface area contributed by atoms with Crippen molar-refractivity contribution in [3.8, 4) is 0 Å². The molecule has 1 aromatic rings. The van der Waals surface area contributed by atoms with E-state index >= 15 is 0 Å². The van der Waals surface area contributed by atoms with E-state index < -0.39 is 5.97 Å². The molecule has 0 radical (unpaired) electrons. The number of hydrogen-bond acceptors (Lipinski definition) is 4. The minimum Gasteiger partial charge on any atom is -0.478 e. The Morgan fingerprint density at radius 2 is 2.06 bits per heavy atom. The van der Waals surface area contributed by atoms with Crippen LogP contribution in [-0.2, 0) is 0 Å². The number of carboxylic acid groups (broad SMARTS) is 1. The molecule has 98 valence electrons. The lowest BCUT2D eigenvalue weighted by Crippen LogP contribution is -2.25. The Kier molecular flexibility index (Phi) is 3.50. The molecule has 2 atom stereocenters. The fourth-order valence-electron chi connectivity index (χ4n) is 2.51. The van der Waals surface area contributed by atoms with Gasteiger partial charge in [-0.05, 0) is 38.2 Å². The number of rotatable bonds is 3. The summed E-state index contributed by atoms with van der Waals surface area (Å²) < 4.78 is 0. The third-order valence-electron chi connectivity index (χ3n) is 3.85. The van der Waals surface area contributed by atoms with Gasteiger partial charge in [-0.25, -0.2) is 4.79 Å². The summed E-state index contributed by atoms with van der Waals surface area (Å²) in [4.78, 5) is 11.3. The van der Waals surface area contributed by atoms with Crippen LogP contribution in [0, 0.1) is 19.8 Å². The summed E-state index contributed by atoms with van der Waals surface area (Å²) in [6, 6.07) is 0.305. The molecule has 0 bridgehead atoms. The van der Waals surface area contributed by atoms with Crippen molar-refractivity contribution in [2.75, 3.05) is 5.32 Å². The Labute approximate surface area is 107 Å². The first kappa shape index (κ1) is 12.8. The van der Waals surface area contributed by atoms with E-state index in [1.54, 1.807) is 13.8 Å². The fourth-order valence-corrected chi connectivity index (χ4v) is 2.51. The van der Waals surface area contributed by atoms with Crippen LogP contribution in [0.1, 0.15) is 47.8 Å². The number of aromatic nitrogens is 2. The van der Waals surface area contributed by atoms with Crippen LogP contribution in [0.5, 0.6) is 0 Å². The Morgan fingerprint density at radius 3 is 2.61 bits per heavy atom. The monoisotopic (exact) mass is 249 g/mol. The SMILES string of the molecule is Cc1nnc(NC2CCCC2C)c(C(=O)O)c1C. The Hall–Kier alpha value is -1.65. The molecule has 1 aromatic heterocycles. The van der Waals surface area contributed by atoms with Crippen molar-refractivity contribution in [1.29, 1.82) is 0 Å². The Bertz CT molecular complexity index is 474. The molecule has 1 fully saturated rings. The quantitative estimate of drug-likeness (QED) is 0.860. The van der Waals surface area contributed by atoms with Crippen molar-refractivity contribution < 1.29 is 9.90 Å². The number of nitrogens with zero attached hydrogens (tertiary/aromatic N) is 2. The van der Waals surface area contributed by atoms with Crippen molar-refractivity contribution in [2.24, 2.45) is 5.92 Å². The molecule has 18 heavy (non-hydrogen) atoms. The van der Waals surface area contributed by atoms with Crippen molar-refractivity contribution >= 4 is 11.8 Å². The van der Waals surface area contributed by atoms with E-state index in [9.17, 15) is 9.90 Å². The zero-order valence-electron chi connectivity index (χ0n) is 11.0. The first-order valence-corrected chi connectivity index (χ1v) is 6.34. The van der Waals surface area contributed by atoms with E-state index in [2.05, 4.69) is 22.4 Å². The van der Waals surface area contributed by atoms with E-state index in [0.29, 0.717) is 29.0 Å². The normalized spacial score (nSPS) is 23.1. The van der Waals surface area contributed by atoms with Crippen LogP contribution in [0.15, 0.2) is 0 Å². The highest BCUT2D eigenvalue weighted by Gasteiger charge is 2.26. The molecule has 2 N–H and O–H groups in total. The summed E-state index contributed by atoms with van der Waals surface area (Å²) in [5.74, 6) is 0.0121. The van der Waals surface area contributed by atoms with Gasteiger partial charge in [0.05, 0.1) is 5.69 Å². The third-order valence-corrected chi connectivity index (χ3v) is 3.85. The van der Waals surface area contributed by atoms with E-state index in [1.165, 1.54) is 12.8 Å².